The van der Waals surface area contributed by atoms with Gasteiger partial charge in [0.1, 0.15) is 11.9 Å². The van der Waals surface area contributed by atoms with Gasteiger partial charge in [0.05, 0.1) is 6.61 Å². The quantitative estimate of drug-likeness (QED) is 0.863. The molecule has 0 spiro atoms. The highest BCUT2D eigenvalue weighted by Gasteiger charge is 2.11. The molecule has 0 aliphatic carbocycles. The molecule has 0 aliphatic rings. The second-order valence-electron chi connectivity index (χ2n) is 4.88. The average molecular weight is 335 g/mol. The lowest BCUT2D eigenvalue weighted by Crippen LogP contribution is -2.01. The summed E-state index contributed by atoms with van der Waals surface area (Å²) in [7, 11) is 0. The summed E-state index contributed by atoms with van der Waals surface area (Å²) in [5, 5.41) is 10.4. The van der Waals surface area contributed by atoms with Crippen molar-refractivity contribution < 1.29 is 9.84 Å². The van der Waals surface area contributed by atoms with Crippen molar-refractivity contribution in [2.75, 3.05) is 6.61 Å². The summed E-state index contributed by atoms with van der Waals surface area (Å²) < 4.78 is 6.53. The summed E-state index contributed by atoms with van der Waals surface area (Å²) in [4.78, 5) is 0. The zero-order valence-corrected chi connectivity index (χ0v) is 13.4. The molecule has 0 heterocycles. The molecule has 1 unspecified atom stereocenters. The highest BCUT2D eigenvalue weighted by Crippen LogP contribution is 2.27. The molecule has 0 radical (unpaired) electrons. The molecule has 1 N–H and O–H groups in total. The normalized spacial score (nSPS) is 12.2. The van der Waals surface area contributed by atoms with E-state index in [1.807, 2.05) is 49.4 Å². The van der Waals surface area contributed by atoms with Gasteiger partial charge in [0.25, 0.3) is 0 Å². The van der Waals surface area contributed by atoms with Crippen LogP contribution in [0.3, 0.4) is 0 Å². The predicted molar refractivity (Wildman–Crippen MR) is 85.2 cm³/mol. The first-order valence-corrected chi connectivity index (χ1v) is 7.57. The van der Waals surface area contributed by atoms with Gasteiger partial charge in [-0.05, 0) is 54.3 Å². The Kier molecular flexibility index (Phi) is 5.21. The second kappa shape index (κ2) is 6.91. The van der Waals surface area contributed by atoms with Gasteiger partial charge in [-0.1, -0.05) is 41.1 Å². The Morgan fingerprint density at radius 1 is 1.10 bits per heavy atom. The van der Waals surface area contributed by atoms with Crippen molar-refractivity contribution in [3.8, 4) is 5.75 Å². The van der Waals surface area contributed by atoms with Crippen LogP contribution in [0.1, 0.15) is 36.1 Å². The number of halogens is 1. The van der Waals surface area contributed by atoms with Gasteiger partial charge in [0.2, 0.25) is 0 Å². The van der Waals surface area contributed by atoms with Gasteiger partial charge in [0, 0.05) is 4.47 Å². The Bertz CT molecular complexity index is 543. The standard InChI is InChI=1S/C17H19BrO2/c1-3-8-20-16-6-4-13(5-7-16)17(19)14-9-12(2)10-15(18)11-14/h4-7,9-11,17,19H,3,8H2,1-2H3. The van der Waals surface area contributed by atoms with E-state index in [1.54, 1.807) is 0 Å². The molecule has 2 rings (SSSR count). The first kappa shape index (κ1) is 15.1. The van der Waals surface area contributed by atoms with E-state index in [2.05, 4.69) is 22.9 Å². The third-order valence-corrected chi connectivity index (χ3v) is 3.51. The minimum atomic E-state index is -0.619. The lowest BCUT2D eigenvalue weighted by atomic mass is 10.00. The van der Waals surface area contributed by atoms with Gasteiger partial charge >= 0.3 is 0 Å². The van der Waals surface area contributed by atoms with Crippen molar-refractivity contribution in [3.63, 3.8) is 0 Å². The van der Waals surface area contributed by atoms with Crippen LogP contribution in [-0.4, -0.2) is 11.7 Å². The van der Waals surface area contributed by atoms with E-state index < -0.39 is 6.10 Å². The molecule has 0 bridgehead atoms. The van der Waals surface area contributed by atoms with E-state index in [0.29, 0.717) is 6.61 Å². The lowest BCUT2D eigenvalue weighted by molar-refractivity contribution is 0.220. The maximum atomic E-state index is 10.4. The van der Waals surface area contributed by atoms with E-state index in [-0.39, 0.29) is 0 Å². The van der Waals surface area contributed by atoms with E-state index in [0.717, 1.165) is 33.3 Å². The summed E-state index contributed by atoms with van der Waals surface area (Å²) in [5.41, 5.74) is 2.88. The molecular weight excluding hydrogens is 316 g/mol. The van der Waals surface area contributed by atoms with E-state index in [4.69, 9.17) is 4.74 Å². The zero-order chi connectivity index (χ0) is 14.5. The number of benzene rings is 2. The SMILES string of the molecule is CCCOc1ccc(C(O)c2cc(C)cc(Br)c2)cc1. The molecule has 0 fully saturated rings. The van der Waals surface area contributed by atoms with Gasteiger partial charge in [-0.15, -0.1) is 0 Å². The van der Waals surface area contributed by atoms with Gasteiger partial charge in [-0.3, -0.25) is 0 Å². The van der Waals surface area contributed by atoms with E-state index >= 15 is 0 Å². The van der Waals surface area contributed by atoms with Gasteiger partial charge < -0.3 is 9.84 Å². The molecule has 1 atom stereocenters. The third kappa shape index (κ3) is 3.84. The highest BCUT2D eigenvalue weighted by molar-refractivity contribution is 9.10. The number of aliphatic hydroxyl groups is 1. The first-order chi connectivity index (χ1) is 9.60. The minimum absolute atomic E-state index is 0.619. The first-order valence-electron chi connectivity index (χ1n) is 6.78. The van der Waals surface area contributed by atoms with Crippen LogP contribution in [0.4, 0.5) is 0 Å². The molecular formula is C17H19BrO2. The van der Waals surface area contributed by atoms with Gasteiger partial charge in [-0.25, -0.2) is 0 Å². The number of ether oxygens (including phenoxy) is 1. The monoisotopic (exact) mass is 334 g/mol. The Hall–Kier alpha value is -1.32. The minimum Gasteiger partial charge on any atom is -0.494 e. The number of hydrogen-bond acceptors (Lipinski definition) is 2. The van der Waals surface area contributed by atoms with E-state index in [1.165, 1.54) is 0 Å². The fourth-order valence-corrected chi connectivity index (χ4v) is 2.71. The number of aryl methyl sites for hydroxylation is 1. The fraction of sp³-hybridized carbons (Fsp3) is 0.294. The van der Waals surface area contributed by atoms with Crippen molar-refractivity contribution in [1.29, 1.82) is 0 Å². The Labute approximate surface area is 128 Å². The van der Waals surface area contributed by atoms with Crippen LogP contribution in [0.2, 0.25) is 0 Å². The smallest absolute Gasteiger partial charge is 0.119 e. The van der Waals surface area contributed by atoms with Gasteiger partial charge in [-0.2, -0.15) is 0 Å². The number of hydrogen-bond donors (Lipinski definition) is 1. The van der Waals surface area contributed by atoms with Crippen molar-refractivity contribution in [1.82, 2.24) is 0 Å². The maximum absolute atomic E-state index is 10.4. The molecule has 2 nitrogen and oxygen atoms in total. The predicted octanol–water partition coefficient (Wildman–Crippen LogP) is 4.63. The molecule has 0 saturated heterocycles. The molecule has 2 aromatic carbocycles. The molecule has 2 aromatic rings. The number of aliphatic hydroxyl groups excluding tert-OH is 1. The number of rotatable bonds is 5. The van der Waals surface area contributed by atoms with Crippen LogP contribution in [-0.2, 0) is 0 Å². The van der Waals surface area contributed by atoms with Crippen molar-refractivity contribution >= 4 is 15.9 Å². The largest absolute Gasteiger partial charge is 0.494 e. The molecule has 3 heteroatoms. The molecule has 0 amide bonds. The summed E-state index contributed by atoms with van der Waals surface area (Å²) in [6.45, 7) is 4.81. The van der Waals surface area contributed by atoms with E-state index in [9.17, 15) is 5.11 Å². The lowest BCUT2D eigenvalue weighted by Gasteiger charge is -2.13. The maximum Gasteiger partial charge on any atom is 0.119 e. The van der Waals surface area contributed by atoms with Gasteiger partial charge in [0.15, 0.2) is 0 Å². The average Bonchev–Trinajstić information content (AvgIpc) is 2.44. The van der Waals surface area contributed by atoms with Crippen molar-refractivity contribution in [2.45, 2.75) is 26.4 Å². The molecule has 0 saturated carbocycles. The van der Waals surface area contributed by atoms with Crippen LogP contribution in [0.15, 0.2) is 46.9 Å². The highest BCUT2D eigenvalue weighted by atomic mass is 79.9. The Morgan fingerprint density at radius 3 is 2.40 bits per heavy atom. The third-order valence-electron chi connectivity index (χ3n) is 3.05. The van der Waals surface area contributed by atoms with Crippen LogP contribution in [0.25, 0.3) is 0 Å². The summed E-state index contributed by atoms with van der Waals surface area (Å²) in [6.07, 6.45) is 0.369. The fourth-order valence-electron chi connectivity index (χ4n) is 2.08. The van der Waals surface area contributed by atoms with Crippen LogP contribution in [0, 0.1) is 6.92 Å². The summed E-state index contributed by atoms with van der Waals surface area (Å²) in [5.74, 6) is 0.841. The molecule has 20 heavy (non-hydrogen) atoms. The van der Waals surface area contributed by atoms with Crippen molar-refractivity contribution in [2.24, 2.45) is 0 Å². The van der Waals surface area contributed by atoms with Crippen molar-refractivity contribution in [3.05, 3.63) is 63.6 Å². The summed E-state index contributed by atoms with van der Waals surface area (Å²) >= 11 is 3.46. The molecule has 0 aliphatic heterocycles. The second-order valence-corrected chi connectivity index (χ2v) is 5.80. The van der Waals surface area contributed by atoms with Crippen LogP contribution >= 0.6 is 15.9 Å². The Morgan fingerprint density at radius 2 is 1.80 bits per heavy atom. The van der Waals surface area contributed by atoms with Crippen LogP contribution < -0.4 is 4.74 Å². The zero-order valence-electron chi connectivity index (χ0n) is 11.8. The van der Waals surface area contributed by atoms with Crippen LogP contribution in [0.5, 0.6) is 5.75 Å². The molecule has 0 aromatic heterocycles. The summed E-state index contributed by atoms with van der Waals surface area (Å²) in [6, 6.07) is 13.6. The molecule has 106 valence electrons. The Balaban J connectivity index is 2.17. The topological polar surface area (TPSA) is 29.5 Å².